The third kappa shape index (κ3) is 6.53. The highest BCUT2D eigenvalue weighted by Crippen LogP contribution is 2.16. The van der Waals surface area contributed by atoms with Gasteiger partial charge in [-0.2, -0.15) is 0 Å². The number of nitrogens with zero attached hydrogens (tertiary/aromatic N) is 1. The molecule has 0 unspecified atom stereocenters. The van der Waals surface area contributed by atoms with E-state index < -0.39 is 0 Å². The summed E-state index contributed by atoms with van der Waals surface area (Å²) in [6.07, 6.45) is 12.1. The van der Waals surface area contributed by atoms with Crippen molar-refractivity contribution in [1.29, 1.82) is 0 Å². The largest absolute Gasteiger partial charge is 0.320 e. The molecule has 0 saturated carbocycles. The maximum Gasteiger partial charge on any atom is 0.0302 e. The van der Waals surface area contributed by atoms with Crippen molar-refractivity contribution in [2.24, 2.45) is 0 Å². The summed E-state index contributed by atoms with van der Waals surface area (Å²) >= 11 is 0. The molecule has 0 aliphatic heterocycles. The van der Waals surface area contributed by atoms with Crippen LogP contribution in [0.3, 0.4) is 0 Å². The normalized spacial score (nSPS) is 10.6. The van der Waals surface area contributed by atoms with Crippen LogP contribution in [0.4, 0.5) is 0 Å². The number of rotatable bonds is 10. The standard InChI is InChI=1S/C17H28N2/c1-4-7-15(2)9-10-16-11-13-19-14-17(16)8-5-6-12-18-3/h11,13-14,18H,2,4-10,12H2,1,3H3. The van der Waals surface area contributed by atoms with Gasteiger partial charge in [0.05, 0.1) is 0 Å². The highest BCUT2D eigenvalue weighted by molar-refractivity contribution is 5.24. The Kier molecular flexibility index (Phi) is 8.15. The van der Waals surface area contributed by atoms with Gasteiger partial charge in [-0.05, 0) is 69.3 Å². The Morgan fingerprint density at radius 2 is 2.05 bits per heavy atom. The zero-order valence-corrected chi connectivity index (χ0v) is 12.5. The summed E-state index contributed by atoms with van der Waals surface area (Å²) in [5.74, 6) is 0. The van der Waals surface area contributed by atoms with Crippen LogP contribution in [-0.4, -0.2) is 18.6 Å². The second-order valence-electron chi connectivity index (χ2n) is 5.21. The molecular weight excluding hydrogens is 232 g/mol. The van der Waals surface area contributed by atoms with Crippen molar-refractivity contribution in [2.75, 3.05) is 13.6 Å². The van der Waals surface area contributed by atoms with Gasteiger partial charge < -0.3 is 5.32 Å². The first-order valence-corrected chi connectivity index (χ1v) is 7.51. The predicted molar refractivity (Wildman–Crippen MR) is 83.5 cm³/mol. The minimum Gasteiger partial charge on any atom is -0.320 e. The molecule has 0 atom stereocenters. The van der Waals surface area contributed by atoms with Gasteiger partial charge in [-0.1, -0.05) is 25.5 Å². The van der Waals surface area contributed by atoms with Crippen LogP contribution in [0.5, 0.6) is 0 Å². The zero-order valence-electron chi connectivity index (χ0n) is 12.5. The Hall–Kier alpha value is -1.15. The summed E-state index contributed by atoms with van der Waals surface area (Å²) in [5, 5.41) is 3.20. The summed E-state index contributed by atoms with van der Waals surface area (Å²) in [4.78, 5) is 4.27. The second-order valence-corrected chi connectivity index (χ2v) is 5.21. The van der Waals surface area contributed by atoms with Gasteiger partial charge in [0.1, 0.15) is 0 Å². The molecule has 0 aliphatic rings. The van der Waals surface area contributed by atoms with Crippen LogP contribution in [0.25, 0.3) is 0 Å². The Morgan fingerprint density at radius 3 is 2.79 bits per heavy atom. The summed E-state index contributed by atoms with van der Waals surface area (Å²) in [6.45, 7) is 7.46. The van der Waals surface area contributed by atoms with Crippen LogP contribution in [0.2, 0.25) is 0 Å². The summed E-state index contributed by atoms with van der Waals surface area (Å²) < 4.78 is 0. The summed E-state index contributed by atoms with van der Waals surface area (Å²) in [6, 6.07) is 2.17. The number of hydrogen-bond donors (Lipinski definition) is 1. The molecule has 2 nitrogen and oxygen atoms in total. The van der Waals surface area contributed by atoms with Gasteiger partial charge in [-0.15, -0.1) is 0 Å². The van der Waals surface area contributed by atoms with Crippen molar-refractivity contribution < 1.29 is 0 Å². The average Bonchev–Trinajstić information content (AvgIpc) is 2.43. The number of aromatic nitrogens is 1. The van der Waals surface area contributed by atoms with Gasteiger partial charge in [0.25, 0.3) is 0 Å². The van der Waals surface area contributed by atoms with E-state index >= 15 is 0 Å². The molecule has 0 spiro atoms. The van der Waals surface area contributed by atoms with Crippen LogP contribution in [0, 0.1) is 0 Å². The van der Waals surface area contributed by atoms with Crippen LogP contribution in [-0.2, 0) is 12.8 Å². The zero-order chi connectivity index (χ0) is 13.9. The molecule has 1 aromatic rings. The molecule has 0 fully saturated rings. The molecule has 0 radical (unpaired) electrons. The maximum absolute atomic E-state index is 4.27. The lowest BCUT2D eigenvalue weighted by Gasteiger charge is -2.10. The number of hydrogen-bond acceptors (Lipinski definition) is 2. The first kappa shape index (κ1) is 15.9. The van der Waals surface area contributed by atoms with Gasteiger partial charge in [-0.3, -0.25) is 4.98 Å². The van der Waals surface area contributed by atoms with E-state index in [-0.39, 0.29) is 0 Å². The van der Waals surface area contributed by atoms with E-state index in [0.717, 1.165) is 32.2 Å². The lowest BCUT2D eigenvalue weighted by molar-refractivity contribution is 0.673. The van der Waals surface area contributed by atoms with E-state index in [0.29, 0.717) is 0 Å². The quantitative estimate of drug-likeness (QED) is 0.509. The number of pyridine rings is 1. The van der Waals surface area contributed by atoms with Crippen LogP contribution >= 0.6 is 0 Å². The van der Waals surface area contributed by atoms with Gasteiger partial charge >= 0.3 is 0 Å². The van der Waals surface area contributed by atoms with Crippen molar-refractivity contribution in [2.45, 2.75) is 51.9 Å². The van der Waals surface area contributed by atoms with Crippen molar-refractivity contribution in [3.63, 3.8) is 0 Å². The Bertz CT molecular complexity index is 371. The number of allylic oxidation sites excluding steroid dienone is 1. The molecule has 0 saturated heterocycles. The van der Waals surface area contributed by atoms with Crippen molar-refractivity contribution in [3.05, 3.63) is 41.7 Å². The second kappa shape index (κ2) is 9.74. The Balaban J connectivity index is 2.45. The number of nitrogens with one attached hydrogen (secondary N) is 1. The fraction of sp³-hybridized carbons (Fsp3) is 0.588. The van der Waals surface area contributed by atoms with Crippen LogP contribution in [0.1, 0.15) is 50.2 Å². The molecule has 0 aromatic carbocycles. The van der Waals surface area contributed by atoms with E-state index in [4.69, 9.17) is 0 Å². The molecule has 0 bridgehead atoms. The first-order valence-electron chi connectivity index (χ1n) is 7.51. The maximum atomic E-state index is 4.27. The molecule has 1 aromatic heterocycles. The summed E-state index contributed by atoms with van der Waals surface area (Å²) in [5.41, 5.74) is 4.25. The topological polar surface area (TPSA) is 24.9 Å². The Labute approximate surface area is 118 Å². The van der Waals surface area contributed by atoms with Crippen molar-refractivity contribution in [1.82, 2.24) is 10.3 Å². The van der Waals surface area contributed by atoms with Crippen LogP contribution < -0.4 is 5.32 Å². The molecule has 0 amide bonds. The highest BCUT2D eigenvalue weighted by Gasteiger charge is 2.03. The first-order chi connectivity index (χ1) is 9.27. The molecule has 106 valence electrons. The van der Waals surface area contributed by atoms with E-state index in [1.165, 1.54) is 36.0 Å². The SMILES string of the molecule is C=C(CCC)CCc1ccncc1CCCCNC. The molecule has 1 rings (SSSR count). The monoisotopic (exact) mass is 260 g/mol. The molecule has 19 heavy (non-hydrogen) atoms. The van der Waals surface area contributed by atoms with Gasteiger partial charge in [0.15, 0.2) is 0 Å². The van der Waals surface area contributed by atoms with Gasteiger partial charge in [0.2, 0.25) is 0 Å². The highest BCUT2D eigenvalue weighted by atomic mass is 14.8. The van der Waals surface area contributed by atoms with E-state index in [2.05, 4.69) is 29.9 Å². The summed E-state index contributed by atoms with van der Waals surface area (Å²) in [7, 11) is 2.01. The van der Waals surface area contributed by atoms with Crippen LogP contribution in [0.15, 0.2) is 30.6 Å². The fourth-order valence-electron chi connectivity index (χ4n) is 2.33. The lowest BCUT2D eigenvalue weighted by atomic mass is 9.97. The minimum absolute atomic E-state index is 1.10. The number of unbranched alkanes of at least 4 members (excludes halogenated alkanes) is 1. The molecule has 1 heterocycles. The molecular formula is C17H28N2. The smallest absolute Gasteiger partial charge is 0.0302 e. The van der Waals surface area contributed by atoms with Crippen molar-refractivity contribution >= 4 is 0 Å². The molecule has 1 N–H and O–H groups in total. The molecule has 2 heteroatoms. The van der Waals surface area contributed by atoms with E-state index in [1.807, 2.05) is 19.4 Å². The third-order valence-corrected chi connectivity index (χ3v) is 3.48. The van der Waals surface area contributed by atoms with E-state index in [1.54, 1.807) is 0 Å². The lowest BCUT2D eigenvalue weighted by Crippen LogP contribution is -2.07. The Morgan fingerprint density at radius 1 is 1.21 bits per heavy atom. The fourth-order valence-corrected chi connectivity index (χ4v) is 2.33. The van der Waals surface area contributed by atoms with Gasteiger partial charge in [0, 0.05) is 12.4 Å². The van der Waals surface area contributed by atoms with E-state index in [9.17, 15) is 0 Å². The third-order valence-electron chi connectivity index (χ3n) is 3.48. The van der Waals surface area contributed by atoms with Gasteiger partial charge in [-0.25, -0.2) is 0 Å². The number of aryl methyl sites for hydroxylation is 2. The predicted octanol–water partition coefficient (Wildman–Crippen LogP) is 3.91. The average molecular weight is 260 g/mol. The minimum atomic E-state index is 1.10. The van der Waals surface area contributed by atoms with Crippen molar-refractivity contribution in [3.8, 4) is 0 Å². The molecule has 0 aliphatic carbocycles.